The fourth-order valence-corrected chi connectivity index (χ4v) is 3.82. The van der Waals surface area contributed by atoms with Crippen LogP contribution in [-0.4, -0.2) is 10.9 Å². The molecule has 0 atom stereocenters. The first-order valence-corrected chi connectivity index (χ1v) is 10.9. The average Bonchev–Trinajstić information content (AvgIpc) is 2.89. The zero-order valence-corrected chi connectivity index (χ0v) is 19.0. The molecule has 0 fully saturated rings. The second kappa shape index (κ2) is 9.36. The van der Waals surface area contributed by atoms with Gasteiger partial charge in [-0.25, -0.2) is 4.79 Å². The Labute approximate surface area is 210 Å². The molecule has 0 saturated heterocycles. The van der Waals surface area contributed by atoms with E-state index >= 15 is 0 Å². The van der Waals surface area contributed by atoms with Gasteiger partial charge in [-0.1, -0.05) is 42.5 Å². The number of para-hydroxylation sites is 1. The van der Waals surface area contributed by atoms with Gasteiger partial charge in [0.1, 0.15) is 22.6 Å². The van der Waals surface area contributed by atoms with Gasteiger partial charge in [0.05, 0.1) is 10.3 Å². The molecule has 0 aliphatic heterocycles. The monoisotopic (exact) mass is 521 g/mol. The first-order valence-electron chi connectivity index (χ1n) is 10.9. The van der Waals surface area contributed by atoms with Crippen molar-refractivity contribution in [1.29, 1.82) is 0 Å². The molecule has 0 amide bonds. The predicted octanol–water partition coefficient (Wildman–Crippen LogP) is 6.88. The largest absolute Gasteiger partial charge is 0.453 e. The summed E-state index contributed by atoms with van der Waals surface area (Å²) in [6.45, 7) is 0. The number of halogens is 3. The number of esters is 1. The minimum Gasteiger partial charge on any atom is -0.449 e. The maximum atomic E-state index is 13.9. The van der Waals surface area contributed by atoms with Crippen LogP contribution in [0.25, 0.3) is 21.7 Å². The van der Waals surface area contributed by atoms with E-state index in [0.717, 1.165) is 29.7 Å². The summed E-state index contributed by atoms with van der Waals surface area (Å²) in [5, 5.41) is 12.4. The molecule has 38 heavy (non-hydrogen) atoms. The molecule has 190 valence electrons. The molecule has 5 aromatic rings. The Morgan fingerprint density at radius 1 is 0.868 bits per heavy atom. The second-order valence-corrected chi connectivity index (χ2v) is 8.02. The van der Waals surface area contributed by atoms with E-state index in [1.165, 1.54) is 30.3 Å². The van der Waals surface area contributed by atoms with Crippen LogP contribution in [0.2, 0.25) is 0 Å². The van der Waals surface area contributed by atoms with Gasteiger partial charge in [-0.2, -0.15) is 13.2 Å². The molecule has 8 nitrogen and oxygen atoms in total. The topological polar surface area (TPSA) is 109 Å². The van der Waals surface area contributed by atoms with Gasteiger partial charge in [0.25, 0.3) is 11.4 Å². The number of carbonyl (C=O) groups excluding carboxylic acids is 1. The van der Waals surface area contributed by atoms with E-state index in [4.69, 9.17) is 13.9 Å². The van der Waals surface area contributed by atoms with E-state index in [1.54, 1.807) is 24.3 Å². The van der Waals surface area contributed by atoms with Crippen LogP contribution < -0.4 is 14.9 Å². The van der Waals surface area contributed by atoms with Crippen molar-refractivity contribution in [2.24, 2.45) is 0 Å². The number of benzene rings is 4. The fourth-order valence-electron chi connectivity index (χ4n) is 3.82. The Morgan fingerprint density at radius 2 is 1.55 bits per heavy atom. The van der Waals surface area contributed by atoms with E-state index in [-0.39, 0.29) is 22.4 Å². The molecule has 0 spiro atoms. The number of carbonyl (C=O) groups is 1. The third-order valence-corrected chi connectivity index (χ3v) is 5.55. The Morgan fingerprint density at radius 3 is 2.29 bits per heavy atom. The van der Waals surface area contributed by atoms with Crippen LogP contribution in [0.3, 0.4) is 0 Å². The summed E-state index contributed by atoms with van der Waals surface area (Å²) < 4.78 is 57.3. The highest BCUT2D eigenvalue weighted by Crippen LogP contribution is 2.39. The highest BCUT2D eigenvalue weighted by atomic mass is 19.4. The zero-order valence-electron chi connectivity index (χ0n) is 19.0. The van der Waals surface area contributed by atoms with Gasteiger partial charge in [-0.15, -0.1) is 0 Å². The van der Waals surface area contributed by atoms with Crippen molar-refractivity contribution in [2.45, 2.75) is 6.18 Å². The lowest BCUT2D eigenvalue weighted by Crippen LogP contribution is -2.16. The summed E-state index contributed by atoms with van der Waals surface area (Å²) in [4.78, 5) is 36.0. The molecule has 0 radical (unpaired) electrons. The number of nitro benzene ring substituents is 1. The first kappa shape index (κ1) is 24.5. The van der Waals surface area contributed by atoms with E-state index in [2.05, 4.69) is 0 Å². The number of alkyl halides is 3. The van der Waals surface area contributed by atoms with Crippen molar-refractivity contribution in [1.82, 2.24) is 0 Å². The second-order valence-electron chi connectivity index (χ2n) is 8.02. The van der Waals surface area contributed by atoms with Gasteiger partial charge in [0.15, 0.2) is 0 Å². The van der Waals surface area contributed by atoms with Crippen LogP contribution in [-0.2, 0) is 6.18 Å². The number of fused-ring (bicyclic) bond motifs is 2. The molecular formula is C27H14F3NO7. The minimum atomic E-state index is -5.10. The standard InChI is InChI=1S/C27H14F3NO7/c28-27(29,30)25-24(36-17-10-9-15-5-1-2-6-16(15)13-17)23(32)20-12-11-18(14-22(20)38-25)37-26(33)19-7-3-4-8-21(19)31(34)35/h1-14H. The smallest absolute Gasteiger partial charge is 0.449 e. The Kier molecular flexibility index (Phi) is 6.03. The third kappa shape index (κ3) is 4.64. The number of hydrogen-bond donors (Lipinski definition) is 0. The minimum absolute atomic E-state index is 0.00384. The highest BCUT2D eigenvalue weighted by molar-refractivity contribution is 5.95. The summed E-state index contributed by atoms with van der Waals surface area (Å²) in [7, 11) is 0. The van der Waals surface area contributed by atoms with E-state index < -0.39 is 45.3 Å². The van der Waals surface area contributed by atoms with Crippen LogP contribution in [0, 0.1) is 10.1 Å². The quantitative estimate of drug-likeness (QED) is 0.107. The summed E-state index contributed by atoms with van der Waals surface area (Å²) in [5.74, 6) is -4.14. The summed E-state index contributed by atoms with van der Waals surface area (Å²) >= 11 is 0. The predicted molar refractivity (Wildman–Crippen MR) is 130 cm³/mol. The normalized spacial score (nSPS) is 11.4. The first-order chi connectivity index (χ1) is 18.1. The van der Waals surface area contributed by atoms with E-state index in [9.17, 15) is 32.9 Å². The van der Waals surface area contributed by atoms with E-state index in [0.29, 0.717) is 5.39 Å². The zero-order chi connectivity index (χ0) is 27.0. The van der Waals surface area contributed by atoms with Crippen molar-refractivity contribution in [2.75, 3.05) is 0 Å². The van der Waals surface area contributed by atoms with Crippen molar-refractivity contribution in [3.63, 3.8) is 0 Å². The molecule has 0 aliphatic carbocycles. The average molecular weight is 521 g/mol. The highest BCUT2D eigenvalue weighted by Gasteiger charge is 2.40. The molecule has 0 unspecified atom stereocenters. The molecule has 4 aromatic carbocycles. The molecule has 5 rings (SSSR count). The summed E-state index contributed by atoms with van der Waals surface area (Å²) in [5.41, 5.74) is -2.50. The van der Waals surface area contributed by atoms with Crippen LogP contribution in [0.15, 0.2) is 94.1 Å². The molecule has 11 heteroatoms. The maximum absolute atomic E-state index is 13.9. The molecular weight excluding hydrogens is 507 g/mol. The number of ether oxygens (including phenoxy) is 2. The van der Waals surface area contributed by atoms with Crippen molar-refractivity contribution in [3.05, 3.63) is 117 Å². The lowest BCUT2D eigenvalue weighted by atomic mass is 10.1. The van der Waals surface area contributed by atoms with Crippen molar-refractivity contribution >= 4 is 33.4 Å². The van der Waals surface area contributed by atoms with Crippen LogP contribution >= 0.6 is 0 Å². The van der Waals surface area contributed by atoms with Crippen LogP contribution in [0.4, 0.5) is 18.9 Å². The van der Waals surface area contributed by atoms with Gasteiger partial charge in [-0.3, -0.25) is 14.9 Å². The maximum Gasteiger partial charge on any atom is 0.453 e. The van der Waals surface area contributed by atoms with Crippen molar-refractivity contribution < 1.29 is 36.8 Å². The molecule has 1 aromatic heterocycles. The van der Waals surface area contributed by atoms with Crippen LogP contribution in [0.5, 0.6) is 17.2 Å². The van der Waals surface area contributed by atoms with Crippen molar-refractivity contribution in [3.8, 4) is 17.2 Å². The Bertz CT molecular complexity index is 1790. The van der Waals surface area contributed by atoms with Gasteiger partial charge < -0.3 is 13.9 Å². The molecule has 0 aliphatic rings. The summed E-state index contributed by atoms with van der Waals surface area (Å²) in [6.07, 6.45) is -5.10. The number of hydrogen-bond acceptors (Lipinski definition) is 7. The molecule has 0 N–H and O–H groups in total. The fraction of sp³-hybridized carbons (Fsp3) is 0.0370. The lowest BCUT2D eigenvalue weighted by molar-refractivity contribution is -0.385. The lowest BCUT2D eigenvalue weighted by Gasteiger charge is -2.14. The molecule has 0 bridgehead atoms. The van der Waals surface area contributed by atoms with Crippen LogP contribution in [0.1, 0.15) is 16.1 Å². The third-order valence-electron chi connectivity index (χ3n) is 5.55. The van der Waals surface area contributed by atoms with E-state index in [1.807, 2.05) is 6.07 Å². The van der Waals surface area contributed by atoms with Gasteiger partial charge in [0.2, 0.25) is 11.2 Å². The number of nitrogens with zero attached hydrogens (tertiary/aromatic N) is 1. The molecule has 0 saturated carbocycles. The molecule has 1 heterocycles. The SMILES string of the molecule is O=C(Oc1ccc2c(=O)c(Oc3ccc4ccccc4c3)c(C(F)(F)F)oc2c1)c1ccccc1[N+](=O)[O-]. The number of rotatable bonds is 5. The Balaban J connectivity index is 1.55. The Hall–Kier alpha value is -5.19. The van der Waals surface area contributed by atoms with Gasteiger partial charge in [0, 0.05) is 12.1 Å². The van der Waals surface area contributed by atoms with Gasteiger partial charge >= 0.3 is 12.1 Å². The summed E-state index contributed by atoms with van der Waals surface area (Å²) in [6, 6.07) is 19.8. The van der Waals surface area contributed by atoms with Gasteiger partial charge in [-0.05, 0) is 41.1 Å². The number of nitro groups is 1.